The van der Waals surface area contributed by atoms with Crippen molar-refractivity contribution in [1.29, 1.82) is 0 Å². The normalized spacial score (nSPS) is 9.93. The van der Waals surface area contributed by atoms with E-state index in [0.29, 0.717) is 17.2 Å². The van der Waals surface area contributed by atoms with Gasteiger partial charge in [0.2, 0.25) is 0 Å². The number of anilines is 3. The monoisotopic (exact) mass is 203 g/mol. The van der Waals surface area contributed by atoms with Crippen molar-refractivity contribution in [2.45, 2.75) is 0 Å². The Balaban J connectivity index is 2.22. The highest BCUT2D eigenvalue weighted by atomic mass is 19.1. The molecule has 0 aliphatic carbocycles. The molecule has 0 bridgehead atoms. The van der Waals surface area contributed by atoms with Crippen molar-refractivity contribution >= 4 is 17.2 Å². The number of hydrogen-bond acceptors (Lipinski definition) is 3. The van der Waals surface area contributed by atoms with E-state index in [1.54, 1.807) is 36.5 Å². The zero-order valence-electron chi connectivity index (χ0n) is 7.94. The van der Waals surface area contributed by atoms with Crippen molar-refractivity contribution in [2.24, 2.45) is 0 Å². The van der Waals surface area contributed by atoms with E-state index < -0.39 is 0 Å². The van der Waals surface area contributed by atoms with E-state index in [1.807, 2.05) is 0 Å². The van der Waals surface area contributed by atoms with Crippen LogP contribution in [0.2, 0.25) is 0 Å². The second-order valence-electron chi connectivity index (χ2n) is 3.08. The van der Waals surface area contributed by atoms with Crippen LogP contribution < -0.4 is 11.1 Å². The van der Waals surface area contributed by atoms with Crippen molar-refractivity contribution in [3.8, 4) is 0 Å². The Morgan fingerprint density at radius 1 is 1.13 bits per heavy atom. The molecule has 0 aliphatic heterocycles. The minimum Gasteiger partial charge on any atom is -0.384 e. The Labute approximate surface area is 86.8 Å². The number of pyridine rings is 1. The standard InChI is InChI=1S/C11H10FN3/c12-9-3-1-2-4-10(9)15-8-5-6-11(13)14-7-8/h1-7,15H,(H2,13,14). The van der Waals surface area contributed by atoms with Gasteiger partial charge in [-0.05, 0) is 24.3 Å². The minimum atomic E-state index is -0.297. The molecular formula is C11H10FN3. The number of halogens is 1. The molecule has 2 rings (SSSR count). The van der Waals surface area contributed by atoms with E-state index in [4.69, 9.17) is 5.73 Å². The van der Waals surface area contributed by atoms with Gasteiger partial charge in [0, 0.05) is 0 Å². The van der Waals surface area contributed by atoms with Gasteiger partial charge in [-0.3, -0.25) is 0 Å². The molecule has 1 aromatic carbocycles. The number of nitrogen functional groups attached to an aromatic ring is 1. The lowest BCUT2D eigenvalue weighted by molar-refractivity contribution is 0.632. The maximum atomic E-state index is 13.2. The lowest BCUT2D eigenvalue weighted by Gasteiger charge is -2.06. The number of aromatic nitrogens is 1. The number of nitrogens with two attached hydrogens (primary N) is 1. The van der Waals surface area contributed by atoms with Crippen LogP contribution in [0, 0.1) is 5.82 Å². The molecule has 0 saturated heterocycles. The first-order valence-electron chi connectivity index (χ1n) is 4.49. The van der Waals surface area contributed by atoms with Gasteiger partial charge in [0.05, 0.1) is 17.6 Å². The molecule has 76 valence electrons. The third kappa shape index (κ3) is 2.22. The Morgan fingerprint density at radius 3 is 2.60 bits per heavy atom. The summed E-state index contributed by atoms with van der Waals surface area (Å²) in [6, 6.07) is 9.86. The third-order valence-electron chi connectivity index (χ3n) is 1.94. The van der Waals surface area contributed by atoms with Crippen LogP contribution in [0.5, 0.6) is 0 Å². The first-order valence-corrected chi connectivity index (χ1v) is 4.49. The number of para-hydroxylation sites is 1. The fraction of sp³-hybridized carbons (Fsp3) is 0. The van der Waals surface area contributed by atoms with Gasteiger partial charge in [0.1, 0.15) is 11.6 Å². The fourth-order valence-corrected chi connectivity index (χ4v) is 1.20. The van der Waals surface area contributed by atoms with Gasteiger partial charge in [0.15, 0.2) is 0 Å². The van der Waals surface area contributed by atoms with Crippen LogP contribution in [-0.4, -0.2) is 4.98 Å². The Morgan fingerprint density at radius 2 is 1.93 bits per heavy atom. The minimum absolute atomic E-state index is 0.297. The number of nitrogens with one attached hydrogen (secondary N) is 1. The lowest BCUT2D eigenvalue weighted by Crippen LogP contribution is -1.95. The number of nitrogens with zero attached hydrogens (tertiary/aromatic N) is 1. The Bertz CT molecular complexity index is 454. The largest absolute Gasteiger partial charge is 0.384 e. The van der Waals surface area contributed by atoms with E-state index in [1.165, 1.54) is 6.07 Å². The zero-order chi connectivity index (χ0) is 10.7. The van der Waals surface area contributed by atoms with Crippen LogP contribution in [0.1, 0.15) is 0 Å². The molecule has 4 heteroatoms. The highest BCUT2D eigenvalue weighted by molar-refractivity contribution is 5.59. The van der Waals surface area contributed by atoms with E-state index >= 15 is 0 Å². The zero-order valence-corrected chi connectivity index (χ0v) is 7.94. The highest BCUT2D eigenvalue weighted by Crippen LogP contribution is 2.18. The summed E-state index contributed by atoms with van der Waals surface area (Å²) in [7, 11) is 0. The van der Waals surface area contributed by atoms with Crippen molar-refractivity contribution in [2.75, 3.05) is 11.1 Å². The van der Waals surface area contributed by atoms with E-state index in [2.05, 4.69) is 10.3 Å². The summed E-state index contributed by atoms with van der Waals surface area (Å²) >= 11 is 0. The van der Waals surface area contributed by atoms with E-state index in [-0.39, 0.29) is 5.82 Å². The predicted octanol–water partition coefficient (Wildman–Crippen LogP) is 2.55. The molecule has 0 unspecified atom stereocenters. The second kappa shape index (κ2) is 3.96. The van der Waals surface area contributed by atoms with Crippen LogP contribution >= 0.6 is 0 Å². The van der Waals surface area contributed by atoms with Crippen LogP contribution in [-0.2, 0) is 0 Å². The molecule has 0 saturated carbocycles. The number of hydrogen-bond donors (Lipinski definition) is 2. The van der Waals surface area contributed by atoms with Gasteiger partial charge >= 0.3 is 0 Å². The lowest BCUT2D eigenvalue weighted by atomic mass is 10.3. The van der Waals surface area contributed by atoms with Crippen molar-refractivity contribution in [3.05, 3.63) is 48.4 Å². The predicted molar refractivity (Wildman–Crippen MR) is 58.3 cm³/mol. The smallest absolute Gasteiger partial charge is 0.146 e. The Kier molecular flexibility index (Phi) is 2.49. The molecule has 0 fully saturated rings. The van der Waals surface area contributed by atoms with Crippen LogP contribution in [0.3, 0.4) is 0 Å². The Hall–Kier alpha value is -2.10. The quantitative estimate of drug-likeness (QED) is 0.788. The first kappa shape index (κ1) is 9.45. The summed E-state index contributed by atoms with van der Waals surface area (Å²) < 4.78 is 13.2. The van der Waals surface area contributed by atoms with Gasteiger partial charge in [0.25, 0.3) is 0 Å². The van der Waals surface area contributed by atoms with Crippen molar-refractivity contribution in [1.82, 2.24) is 4.98 Å². The van der Waals surface area contributed by atoms with Gasteiger partial charge in [-0.15, -0.1) is 0 Å². The summed E-state index contributed by atoms with van der Waals surface area (Å²) in [6.07, 6.45) is 1.56. The molecule has 2 aromatic rings. The first-order chi connectivity index (χ1) is 7.25. The van der Waals surface area contributed by atoms with Gasteiger partial charge in [-0.1, -0.05) is 12.1 Å². The molecule has 0 atom stereocenters. The molecule has 0 spiro atoms. The molecular weight excluding hydrogens is 193 g/mol. The molecule has 1 heterocycles. The molecule has 1 aromatic heterocycles. The van der Waals surface area contributed by atoms with Gasteiger partial charge < -0.3 is 11.1 Å². The summed E-state index contributed by atoms with van der Waals surface area (Å²) in [5.41, 5.74) is 6.56. The maximum Gasteiger partial charge on any atom is 0.146 e. The van der Waals surface area contributed by atoms with Crippen molar-refractivity contribution < 1.29 is 4.39 Å². The van der Waals surface area contributed by atoms with Gasteiger partial charge in [-0.25, -0.2) is 9.37 Å². The average molecular weight is 203 g/mol. The molecule has 0 amide bonds. The summed E-state index contributed by atoms with van der Waals surface area (Å²) in [6.45, 7) is 0. The summed E-state index contributed by atoms with van der Waals surface area (Å²) in [4.78, 5) is 3.90. The molecule has 3 nitrogen and oxygen atoms in total. The van der Waals surface area contributed by atoms with Crippen molar-refractivity contribution in [3.63, 3.8) is 0 Å². The van der Waals surface area contributed by atoms with Crippen LogP contribution in [0.4, 0.5) is 21.6 Å². The van der Waals surface area contributed by atoms with E-state index in [9.17, 15) is 4.39 Å². The third-order valence-corrected chi connectivity index (χ3v) is 1.94. The topological polar surface area (TPSA) is 50.9 Å². The van der Waals surface area contributed by atoms with Gasteiger partial charge in [-0.2, -0.15) is 0 Å². The highest BCUT2D eigenvalue weighted by Gasteiger charge is 2.00. The average Bonchev–Trinajstić information content (AvgIpc) is 2.25. The number of benzene rings is 1. The SMILES string of the molecule is Nc1ccc(Nc2ccccc2F)cn1. The second-order valence-corrected chi connectivity index (χ2v) is 3.08. The van der Waals surface area contributed by atoms with E-state index in [0.717, 1.165) is 0 Å². The number of rotatable bonds is 2. The maximum absolute atomic E-state index is 13.2. The van der Waals surface area contributed by atoms with Crippen LogP contribution in [0.25, 0.3) is 0 Å². The molecule has 0 aliphatic rings. The van der Waals surface area contributed by atoms with Crippen LogP contribution in [0.15, 0.2) is 42.6 Å². The molecule has 3 N–H and O–H groups in total. The molecule has 15 heavy (non-hydrogen) atoms. The summed E-state index contributed by atoms with van der Waals surface area (Å²) in [5.74, 6) is 0.142. The summed E-state index contributed by atoms with van der Waals surface area (Å²) in [5, 5.41) is 2.91. The fourth-order valence-electron chi connectivity index (χ4n) is 1.20. The molecule has 0 radical (unpaired) electrons.